The zero-order chi connectivity index (χ0) is 9.03. The molecule has 0 radical (unpaired) electrons. The average Bonchev–Trinajstić information content (AvgIpc) is 2.06. The van der Waals surface area contributed by atoms with E-state index >= 15 is 0 Å². The minimum atomic E-state index is -1.27. The van der Waals surface area contributed by atoms with Crippen LogP contribution in [0.5, 0.6) is 0 Å². The number of rotatable bonds is 3. The van der Waals surface area contributed by atoms with Gasteiger partial charge in [-0.25, -0.2) is 4.39 Å². The van der Waals surface area contributed by atoms with Crippen molar-refractivity contribution < 1.29 is 4.39 Å². The van der Waals surface area contributed by atoms with Crippen molar-refractivity contribution >= 4 is 0 Å². The highest BCUT2D eigenvalue weighted by atomic mass is 19.1. The molecule has 1 unspecified atom stereocenters. The van der Waals surface area contributed by atoms with Gasteiger partial charge in [0.1, 0.15) is 5.67 Å². The highest BCUT2D eigenvalue weighted by Crippen LogP contribution is 2.28. The number of hydrogen-bond acceptors (Lipinski definition) is 0. The lowest BCUT2D eigenvalue weighted by atomic mass is 9.95. The molecule has 0 aliphatic heterocycles. The van der Waals surface area contributed by atoms with Crippen LogP contribution in [0, 0.1) is 0 Å². The maximum absolute atomic E-state index is 13.8. The largest absolute Gasteiger partial charge is 0.239 e. The maximum atomic E-state index is 13.8. The summed E-state index contributed by atoms with van der Waals surface area (Å²) in [5.41, 5.74) is -0.562. The summed E-state index contributed by atoms with van der Waals surface area (Å²) in [7, 11) is 0. The Labute approximate surface area is 72.7 Å². The molecular weight excluding hydrogens is 151 g/mol. The van der Waals surface area contributed by atoms with Crippen LogP contribution in [-0.4, -0.2) is 0 Å². The van der Waals surface area contributed by atoms with E-state index in [0.717, 1.165) is 0 Å². The molecular formula is C11H13F. The van der Waals surface area contributed by atoms with Gasteiger partial charge in [-0.2, -0.15) is 0 Å². The van der Waals surface area contributed by atoms with Gasteiger partial charge < -0.3 is 0 Å². The molecule has 0 N–H and O–H groups in total. The molecule has 64 valence electrons. The fourth-order valence-corrected chi connectivity index (χ4v) is 1.17. The van der Waals surface area contributed by atoms with E-state index in [1.54, 1.807) is 25.1 Å². The first-order chi connectivity index (χ1) is 5.67. The summed E-state index contributed by atoms with van der Waals surface area (Å²) < 4.78 is 13.8. The molecule has 12 heavy (non-hydrogen) atoms. The van der Waals surface area contributed by atoms with E-state index in [0.29, 0.717) is 12.0 Å². The molecule has 0 nitrogen and oxygen atoms in total. The van der Waals surface area contributed by atoms with E-state index in [-0.39, 0.29) is 0 Å². The van der Waals surface area contributed by atoms with Gasteiger partial charge in [-0.05, 0) is 12.5 Å². The Hall–Kier alpha value is -1.11. The second-order valence-electron chi connectivity index (χ2n) is 3.06. The van der Waals surface area contributed by atoms with Crippen molar-refractivity contribution in [3.8, 4) is 0 Å². The summed E-state index contributed by atoms with van der Waals surface area (Å²) in [5, 5.41) is 0. The van der Waals surface area contributed by atoms with Gasteiger partial charge in [0.05, 0.1) is 0 Å². The summed E-state index contributed by atoms with van der Waals surface area (Å²) >= 11 is 0. The van der Waals surface area contributed by atoms with Crippen LogP contribution in [0.4, 0.5) is 4.39 Å². The fraction of sp³-hybridized carbons (Fsp3) is 0.273. The summed E-state index contributed by atoms with van der Waals surface area (Å²) in [4.78, 5) is 0. The average molecular weight is 164 g/mol. The Morgan fingerprint density at radius 1 is 1.42 bits per heavy atom. The van der Waals surface area contributed by atoms with Gasteiger partial charge >= 0.3 is 0 Å². The van der Waals surface area contributed by atoms with Gasteiger partial charge in [0.25, 0.3) is 0 Å². The number of hydrogen-bond donors (Lipinski definition) is 0. The van der Waals surface area contributed by atoms with Crippen LogP contribution in [0.3, 0.4) is 0 Å². The number of halogens is 1. The number of alkyl halides is 1. The molecule has 0 bridgehead atoms. The van der Waals surface area contributed by atoms with Crippen LogP contribution in [0.25, 0.3) is 0 Å². The van der Waals surface area contributed by atoms with Crippen molar-refractivity contribution in [2.75, 3.05) is 0 Å². The molecule has 0 spiro atoms. The van der Waals surface area contributed by atoms with Gasteiger partial charge in [0.2, 0.25) is 0 Å². The van der Waals surface area contributed by atoms with E-state index in [1.165, 1.54) is 0 Å². The molecule has 1 aromatic rings. The molecule has 0 aliphatic rings. The van der Waals surface area contributed by atoms with Crippen LogP contribution in [-0.2, 0) is 5.67 Å². The fourth-order valence-electron chi connectivity index (χ4n) is 1.17. The van der Waals surface area contributed by atoms with Gasteiger partial charge in [-0.15, -0.1) is 6.58 Å². The molecule has 1 aromatic carbocycles. The Morgan fingerprint density at radius 2 is 2.00 bits per heavy atom. The van der Waals surface area contributed by atoms with Crippen LogP contribution in [0.2, 0.25) is 0 Å². The van der Waals surface area contributed by atoms with Crippen molar-refractivity contribution in [1.82, 2.24) is 0 Å². The molecule has 0 aromatic heterocycles. The normalized spacial score (nSPS) is 15.2. The van der Waals surface area contributed by atoms with Crippen molar-refractivity contribution in [2.24, 2.45) is 0 Å². The van der Waals surface area contributed by atoms with Crippen molar-refractivity contribution in [3.63, 3.8) is 0 Å². The minimum Gasteiger partial charge on any atom is -0.239 e. The monoisotopic (exact) mass is 164 g/mol. The Bertz CT molecular complexity index is 249. The molecule has 1 atom stereocenters. The van der Waals surface area contributed by atoms with Gasteiger partial charge in [0, 0.05) is 6.42 Å². The molecule has 0 aliphatic carbocycles. The molecule has 0 amide bonds. The van der Waals surface area contributed by atoms with Crippen molar-refractivity contribution in [3.05, 3.63) is 48.6 Å². The molecule has 0 saturated heterocycles. The van der Waals surface area contributed by atoms with Crippen molar-refractivity contribution in [2.45, 2.75) is 19.0 Å². The van der Waals surface area contributed by atoms with E-state index < -0.39 is 5.67 Å². The summed E-state index contributed by atoms with van der Waals surface area (Å²) in [6.07, 6.45) is 1.96. The van der Waals surface area contributed by atoms with Gasteiger partial charge in [0.15, 0.2) is 0 Å². The Morgan fingerprint density at radius 3 is 2.50 bits per heavy atom. The van der Waals surface area contributed by atoms with Crippen LogP contribution >= 0.6 is 0 Å². The van der Waals surface area contributed by atoms with Crippen LogP contribution in [0.1, 0.15) is 18.9 Å². The lowest BCUT2D eigenvalue weighted by Crippen LogP contribution is -2.13. The first kappa shape index (κ1) is 8.98. The first-order valence-corrected chi connectivity index (χ1v) is 4.02. The third kappa shape index (κ3) is 1.94. The van der Waals surface area contributed by atoms with Crippen LogP contribution < -0.4 is 0 Å². The predicted molar refractivity (Wildman–Crippen MR) is 49.7 cm³/mol. The zero-order valence-corrected chi connectivity index (χ0v) is 7.26. The Balaban J connectivity index is 2.89. The number of benzene rings is 1. The third-order valence-corrected chi connectivity index (χ3v) is 1.90. The maximum Gasteiger partial charge on any atom is 0.136 e. The second kappa shape index (κ2) is 3.53. The van der Waals surface area contributed by atoms with E-state index in [9.17, 15) is 4.39 Å². The topological polar surface area (TPSA) is 0 Å². The molecule has 1 heteroatoms. The first-order valence-electron chi connectivity index (χ1n) is 4.02. The van der Waals surface area contributed by atoms with E-state index in [2.05, 4.69) is 6.58 Å². The standard InChI is InChI=1S/C11H13F/c1-3-9-11(2,12)10-7-5-4-6-8-10/h3-8H,1,9H2,2H3. The zero-order valence-electron chi connectivity index (χ0n) is 7.26. The SMILES string of the molecule is C=CCC(C)(F)c1ccccc1. The third-order valence-electron chi connectivity index (χ3n) is 1.90. The lowest BCUT2D eigenvalue weighted by molar-refractivity contribution is 0.196. The van der Waals surface area contributed by atoms with Gasteiger partial charge in [-0.1, -0.05) is 36.4 Å². The highest BCUT2D eigenvalue weighted by Gasteiger charge is 2.22. The molecule has 1 rings (SSSR count). The molecule has 0 fully saturated rings. The van der Waals surface area contributed by atoms with E-state index in [1.807, 2.05) is 18.2 Å². The number of allylic oxidation sites excluding steroid dienone is 1. The quantitative estimate of drug-likeness (QED) is 0.600. The second-order valence-corrected chi connectivity index (χ2v) is 3.06. The summed E-state index contributed by atoms with van der Waals surface area (Å²) in [6.45, 7) is 5.10. The smallest absolute Gasteiger partial charge is 0.136 e. The summed E-state index contributed by atoms with van der Waals surface area (Å²) in [5.74, 6) is 0. The minimum absolute atomic E-state index is 0.358. The molecule has 0 saturated carbocycles. The highest BCUT2D eigenvalue weighted by molar-refractivity contribution is 5.22. The van der Waals surface area contributed by atoms with E-state index in [4.69, 9.17) is 0 Å². The lowest BCUT2D eigenvalue weighted by Gasteiger charge is -2.18. The summed E-state index contributed by atoms with van der Waals surface area (Å²) in [6, 6.07) is 9.16. The van der Waals surface area contributed by atoms with Crippen molar-refractivity contribution in [1.29, 1.82) is 0 Å². The van der Waals surface area contributed by atoms with Gasteiger partial charge in [-0.3, -0.25) is 0 Å². The molecule has 0 heterocycles. The Kier molecular flexibility index (Phi) is 2.64. The van der Waals surface area contributed by atoms with Crippen LogP contribution in [0.15, 0.2) is 43.0 Å². The predicted octanol–water partition coefficient (Wildman–Crippen LogP) is 3.45.